The van der Waals surface area contributed by atoms with Gasteiger partial charge in [-0.3, -0.25) is 0 Å². The maximum absolute atomic E-state index is 14.3. The summed E-state index contributed by atoms with van der Waals surface area (Å²) in [6.45, 7) is 6.60. The maximum atomic E-state index is 14.3. The molecule has 2 saturated heterocycles. The van der Waals surface area contributed by atoms with Crippen molar-refractivity contribution in [1.82, 2.24) is 14.9 Å². The molecule has 1 aromatic carbocycles. The number of nitrogens with zero attached hydrogens (tertiary/aromatic N) is 7. The molecule has 28 heavy (non-hydrogen) atoms. The van der Waals surface area contributed by atoms with E-state index in [4.69, 9.17) is 4.98 Å². The largest absolute Gasteiger partial charge is 0.365 e. The second kappa shape index (κ2) is 7.98. The number of benzene rings is 1. The van der Waals surface area contributed by atoms with Crippen molar-refractivity contribution in [1.29, 1.82) is 5.26 Å². The Morgan fingerprint density at radius 2 is 1.61 bits per heavy atom. The molecule has 7 nitrogen and oxygen atoms in total. The van der Waals surface area contributed by atoms with Crippen molar-refractivity contribution < 1.29 is 4.39 Å². The van der Waals surface area contributed by atoms with Crippen LogP contribution in [0.5, 0.6) is 0 Å². The number of nitriles is 1. The van der Waals surface area contributed by atoms with Gasteiger partial charge in [0.15, 0.2) is 0 Å². The highest BCUT2D eigenvalue weighted by molar-refractivity contribution is 5.61. The van der Waals surface area contributed by atoms with Crippen molar-refractivity contribution in [2.45, 2.75) is 0 Å². The molecule has 0 radical (unpaired) electrons. The highest BCUT2D eigenvalue weighted by Gasteiger charge is 2.24. The molecule has 0 spiro atoms. The number of para-hydroxylation sites is 1. The van der Waals surface area contributed by atoms with Crippen molar-refractivity contribution in [3.63, 3.8) is 0 Å². The Balaban J connectivity index is 1.45. The SMILES string of the molecule is CN1CCN(c2ccnc(N3CCN(c4c(F)cccc4C#N)CC3)n2)CC1. The zero-order valence-electron chi connectivity index (χ0n) is 16.1. The number of halogens is 1. The molecular weight excluding hydrogens is 357 g/mol. The Bertz CT molecular complexity index is 865. The van der Waals surface area contributed by atoms with E-state index in [-0.39, 0.29) is 5.82 Å². The number of anilines is 3. The highest BCUT2D eigenvalue weighted by atomic mass is 19.1. The first-order valence-electron chi connectivity index (χ1n) is 9.61. The van der Waals surface area contributed by atoms with Crippen LogP contribution in [0.4, 0.5) is 21.8 Å². The van der Waals surface area contributed by atoms with Crippen molar-refractivity contribution >= 4 is 17.5 Å². The Labute approximate surface area is 164 Å². The van der Waals surface area contributed by atoms with Crippen molar-refractivity contribution in [2.75, 3.05) is 74.1 Å². The molecule has 146 valence electrons. The summed E-state index contributed by atoms with van der Waals surface area (Å²) >= 11 is 0. The molecule has 1 aromatic heterocycles. The second-order valence-electron chi connectivity index (χ2n) is 7.23. The van der Waals surface area contributed by atoms with Crippen LogP contribution in [0.15, 0.2) is 30.5 Å². The Morgan fingerprint density at radius 1 is 0.929 bits per heavy atom. The number of hydrogen-bond acceptors (Lipinski definition) is 7. The summed E-state index contributed by atoms with van der Waals surface area (Å²) in [4.78, 5) is 17.9. The Kier molecular flexibility index (Phi) is 5.26. The average Bonchev–Trinajstić information content (AvgIpc) is 2.74. The van der Waals surface area contributed by atoms with Crippen LogP contribution in [-0.2, 0) is 0 Å². The molecule has 0 unspecified atom stereocenters. The minimum atomic E-state index is -0.346. The summed E-state index contributed by atoms with van der Waals surface area (Å²) in [5.41, 5.74) is 0.776. The van der Waals surface area contributed by atoms with Gasteiger partial charge in [0.25, 0.3) is 0 Å². The van der Waals surface area contributed by atoms with Crippen molar-refractivity contribution in [3.8, 4) is 6.07 Å². The first-order valence-corrected chi connectivity index (χ1v) is 9.61. The standard InChI is InChI=1S/C20H24FN7/c1-25-7-9-26(10-8-25)18-5-6-23-20(24-18)28-13-11-27(12-14-28)19-16(15-22)3-2-4-17(19)21/h2-6H,7-14H2,1H3. The molecule has 2 fully saturated rings. The van der Waals surface area contributed by atoms with Gasteiger partial charge in [-0.15, -0.1) is 0 Å². The molecule has 2 aliphatic rings. The van der Waals surface area contributed by atoms with Gasteiger partial charge < -0.3 is 19.6 Å². The number of aromatic nitrogens is 2. The van der Waals surface area contributed by atoms with Gasteiger partial charge in [-0.05, 0) is 25.2 Å². The van der Waals surface area contributed by atoms with E-state index in [2.05, 4.69) is 32.8 Å². The highest BCUT2D eigenvalue weighted by Crippen LogP contribution is 2.26. The predicted octanol–water partition coefficient (Wildman–Crippen LogP) is 1.57. The van der Waals surface area contributed by atoms with E-state index in [0.717, 1.165) is 32.0 Å². The summed E-state index contributed by atoms with van der Waals surface area (Å²) in [5, 5.41) is 9.29. The monoisotopic (exact) mass is 381 g/mol. The van der Waals surface area contributed by atoms with Crippen LogP contribution in [0.1, 0.15) is 5.56 Å². The van der Waals surface area contributed by atoms with Gasteiger partial charge in [0, 0.05) is 58.6 Å². The summed E-state index contributed by atoms with van der Waals surface area (Å²) in [6, 6.07) is 8.70. The van der Waals surface area contributed by atoms with Gasteiger partial charge >= 0.3 is 0 Å². The smallest absolute Gasteiger partial charge is 0.227 e. The normalized spacial score (nSPS) is 18.2. The third kappa shape index (κ3) is 3.71. The molecule has 2 aliphatic heterocycles. The fourth-order valence-corrected chi connectivity index (χ4v) is 3.76. The Morgan fingerprint density at radius 3 is 2.32 bits per heavy atom. The van der Waals surface area contributed by atoms with Gasteiger partial charge in [0.1, 0.15) is 17.7 Å². The molecule has 0 amide bonds. The lowest BCUT2D eigenvalue weighted by Gasteiger charge is -2.37. The number of piperazine rings is 2. The third-order valence-electron chi connectivity index (χ3n) is 5.44. The van der Waals surface area contributed by atoms with Crippen LogP contribution in [0, 0.1) is 17.1 Å². The molecule has 2 aromatic rings. The topological polar surface area (TPSA) is 62.5 Å². The Hall–Kier alpha value is -2.92. The summed E-state index contributed by atoms with van der Waals surface area (Å²) in [6.07, 6.45) is 1.81. The van der Waals surface area contributed by atoms with Gasteiger partial charge in [0.05, 0.1) is 11.3 Å². The quantitative estimate of drug-likeness (QED) is 0.800. The molecule has 0 bridgehead atoms. The summed E-state index contributed by atoms with van der Waals surface area (Å²) < 4.78 is 14.3. The van der Waals surface area contributed by atoms with Crippen LogP contribution < -0.4 is 14.7 Å². The van der Waals surface area contributed by atoms with E-state index in [9.17, 15) is 9.65 Å². The number of rotatable bonds is 3. The molecule has 0 N–H and O–H groups in total. The molecule has 4 rings (SSSR count). The zero-order chi connectivity index (χ0) is 19.5. The summed E-state index contributed by atoms with van der Waals surface area (Å²) in [5.74, 6) is 1.33. The fraction of sp³-hybridized carbons (Fsp3) is 0.450. The van der Waals surface area contributed by atoms with Crippen LogP contribution >= 0.6 is 0 Å². The molecule has 8 heteroatoms. The van der Waals surface area contributed by atoms with Crippen molar-refractivity contribution in [2.24, 2.45) is 0 Å². The minimum Gasteiger partial charge on any atom is -0.365 e. The van der Waals surface area contributed by atoms with Crippen LogP contribution in [0.25, 0.3) is 0 Å². The van der Waals surface area contributed by atoms with E-state index >= 15 is 0 Å². The van der Waals surface area contributed by atoms with Crippen LogP contribution in [0.2, 0.25) is 0 Å². The third-order valence-corrected chi connectivity index (χ3v) is 5.44. The maximum Gasteiger partial charge on any atom is 0.227 e. The molecule has 0 aliphatic carbocycles. The molecular formula is C20H24FN7. The lowest BCUT2D eigenvalue weighted by atomic mass is 10.1. The van der Waals surface area contributed by atoms with Gasteiger partial charge in [-0.1, -0.05) is 6.07 Å². The molecule has 0 saturated carbocycles. The average molecular weight is 381 g/mol. The number of likely N-dealkylation sites (N-methyl/N-ethyl adjacent to an activating group) is 1. The van der Waals surface area contributed by atoms with E-state index in [1.54, 1.807) is 12.1 Å². The first kappa shape index (κ1) is 18.4. The molecule has 0 atom stereocenters. The predicted molar refractivity (Wildman–Crippen MR) is 107 cm³/mol. The van der Waals surface area contributed by atoms with E-state index < -0.39 is 0 Å². The summed E-state index contributed by atoms with van der Waals surface area (Å²) in [7, 11) is 2.13. The van der Waals surface area contributed by atoms with E-state index in [0.29, 0.717) is 43.4 Å². The fourth-order valence-electron chi connectivity index (χ4n) is 3.76. The minimum absolute atomic E-state index is 0.346. The van der Waals surface area contributed by atoms with Gasteiger partial charge in [0.2, 0.25) is 5.95 Å². The van der Waals surface area contributed by atoms with Gasteiger partial charge in [-0.25, -0.2) is 9.37 Å². The lowest BCUT2D eigenvalue weighted by molar-refractivity contribution is 0.312. The van der Waals surface area contributed by atoms with Gasteiger partial charge in [-0.2, -0.15) is 10.2 Å². The zero-order valence-corrected chi connectivity index (χ0v) is 16.1. The first-order chi connectivity index (χ1) is 13.7. The van der Waals surface area contributed by atoms with Crippen LogP contribution in [-0.4, -0.2) is 74.3 Å². The van der Waals surface area contributed by atoms with E-state index in [1.807, 2.05) is 17.2 Å². The van der Waals surface area contributed by atoms with E-state index in [1.165, 1.54) is 6.07 Å². The second-order valence-corrected chi connectivity index (χ2v) is 7.23. The number of hydrogen-bond donors (Lipinski definition) is 0. The van der Waals surface area contributed by atoms with Crippen LogP contribution in [0.3, 0.4) is 0 Å². The molecule has 3 heterocycles. The lowest BCUT2D eigenvalue weighted by Crippen LogP contribution is -2.48. The van der Waals surface area contributed by atoms with Crippen molar-refractivity contribution in [3.05, 3.63) is 41.8 Å².